The maximum atomic E-state index is 12.4. The second kappa shape index (κ2) is 8.66. The van der Waals surface area contributed by atoms with Gasteiger partial charge >= 0.3 is 12.0 Å². The van der Waals surface area contributed by atoms with Gasteiger partial charge in [0, 0.05) is 13.0 Å². The van der Waals surface area contributed by atoms with E-state index in [-0.39, 0.29) is 24.3 Å². The van der Waals surface area contributed by atoms with Crippen molar-refractivity contribution in [2.45, 2.75) is 51.0 Å². The summed E-state index contributed by atoms with van der Waals surface area (Å²) < 4.78 is 5.19. The molecule has 1 aromatic carbocycles. The maximum Gasteiger partial charge on any atom is 0.329 e. The predicted molar refractivity (Wildman–Crippen MR) is 111 cm³/mol. The van der Waals surface area contributed by atoms with E-state index in [2.05, 4.69) is 10.6 Å². The van der Waals surface area contributed by atoms with Crippen LogP contribution >= 0.6 is 0 Å². The van der Waals surface area contributed by atoms with E-state index >= 15 is 0 Å². The van der Waals surface area contributed by atoms with Crippen LogP contribution in [0.5, 0.6) is 0 Å². The highest BCUT2D eigenvalue weighted by Crippen LogP contribution is 2.59. The lowest BCUT2D eigenvalue weighted by molar-refractivity contribution is -0.150. The normalized spacial score (nSPS) is 29.8. The number of urea groups is 1. The summed E-state index contributed by atoms with van der Waals surface area (Å²) in [7, 11) is 0. The number of amides is 3. The molecule has 0 aliphatic heterocycles. The first-order chi connectivity index (χ1) is 14.4. The highest BCUT2D eigenvalue weighted by molar-refractivity contribution is 5.85. The molecule has 0 aromatic heterocycles. The van der Waals surface area contributed by atoms with E-state index in [4.69, 9.17) is 10.5 Å². The third-order valence-corrected chi connectivity index (χ3v) is 7.05. The summed E-state index contributed by atoms with van der Waals surface area (Å²) in [5.41, 5.74) is 6.29. The Labute approximate surface area is 177 Å². The van der Waals surface area contributed by atoms with Gasteiger partial charge in [-0.1, -0.05) is 30.3 Å². The van der Waals surface area contributed by atoms with E-state index in [9.17, 15) is 14.4 Å². The lowest BCUT2D eigenvalue weighted by Gasteiger charge is -2.56. The van der Waals surface area contributed by atoms with Crippen LogP contribution in [0.2, 0.25) is 0 Å². The molecule has 0 unspecified atom stereocenters. The Morgan fingerprint density at radius 2 is 1.63 bits per heavy atom. The van der Waals surface area contributed by atoms with Gasteiger partial charge in [0.15, 0.2) is 6.61 Å². The zero-order valence-corrected chi connectivity index (χ0v) is 17.3. The molecule has 0 heterocycles. The van der Waals surface area contributed by atoms with Gasteiger partial charge in [0.25, 0.3) is 5.91 Å². The molecular weight excluding hydrogens is 382 g/mol. The number of hydrogen-bond donors (Lipinski definition) is 3. The van der Waals surface area contributed by atoms with E-state index in [1.807, 2.05) is 30.3 Å². The standard InChI is InChI=1S/C23H31N3O4/c24-22(29)26-19(9-15-4-2-1-3-5-15)21(28)30-13-20(27)25-14-23-10-16-6-17(11-23)8-18(7-16)12-23/h1-5,16-19H,6-14H2,(H,25,27)(H3,24,26,29)/t16?,17?,18?,19-,23?/m0/s1. The number of nitrogens with two attached hydrogens (primary N) is 1. The summed E-state index contributed by atoms with van der Waals surface area (Å²) in [6.07, 6.45) is 7.96. The molecule has 4 bridgehead atoms. The van der Waals surface area contributed by atoms with Gasteiger partial charge in [-0.05, 0) is 67.3 Å². The van der Waals surface area contributed by atoms with Gasteiger partial charge in [-0.15, -0.1) is 0 Å². The van der Waals surface area contributed by atoms with Crippen LogP contribution < -0.4 is 16.4 Å². The average molecular weight is 414 g/mol. The SMILES string of the molecule is NC(=O)N[C@@H](Cc1ccccc1)C(=O)OCC(=O)NCC12CC3CC(CC(C3)C1)C2. The Morgan fingerprint density at radius 3 is 2.20 bits per heavy atom. The van der Waals surface area contributed by atoms with Crippen LogP contribution in [0.25, 0.3) is 0 Å². The predicted octanol–water partition coefficient (Wildman–Crippen LogP) is 2.14. The number of nitrogens with one attached hydrogen (secondary N) is 2. The molecule has 4 fully saturated rings. The molecule has 4 aliphatic rings. The summed E-state index contributed by atoms with van der Waals surface area (Å²) >= 11 is 0. The van der Waals surface area contributed by atoms with Crippen LogP contribution in [0.15, 0.2) is 30.3 Å². The van der Waals surface area contributed by atoms with Crippen LogP contribution in [0.3, 0.4) is 0 Å². The van der Waals surface area contributed by atoms with Crippen molar-refractivity contribution in [2.75, 3.05) is 13.2 Å². The average Bonchev–Trinajstić information content (AvgIpc) is 2.69. The fourth-order valence-electron chi connectivity index (χ4n) is 6.30. The van der Waals surface area contributed by atoms with Crippen molar-refractivity contribution in [3.63, 3.8) is 0 Å². The van der Waals surface area contributed by atoms with Gasteiger partial charge in [-0.3, -0.25) is 4.79 Å². The second-order valence-corrected chi connectivity index (χ2v) is 9.55. The first kappa shape index (κ1) is 20.7. The molecular formula is C23H31N3O4. The molecule has 4 saturated carbocycles. The summed E-state index contributed by atoms with van der Waals surface area (Å²) in [4.78, 5) is 36.1. The third-order valence-electron chi connectivity index (χ3n) is 7.05. The molecule has 0 radical (unpaired) electrons. The zero-order chi connectivity index (χ0) is 21.1. The summed E-state index contributed by atoms with van der Waals surface area (Å²) in [5.74, 6) is 1.51. The zero-order valence-electron chi connectivity index (χ0n) is 17.3. The number of carbonyl (C=O) groups is 3. The highest BCUT2D eigenvalue weighted by Gasteiger charge is 2.50. The number of hydrogen-bond acceptors (Lipinski definition) is 4. The first-order valence-corrected chi connectivity index (χ1v) is 10.9. The Bertz CT molecular complexity index is 760. The molecule has 7 nitrogen and oxygen atoms in total. The summed E-state index contributed by atoms with van der Waals surface area (Å²) in [5, 5.41) is 5.40. The van der Waals surface area contributed by atoms with Crippen molar-refractivity contribution in [3.05, 3.63) is 35.9 Å². The number of benzene rings is 1. The van der Waals surface area contributed by atoms with E-state index in [1.54, 1.807) is 0 Å². The summed E-state index contributed by atoms with van der Waals surface area (Å²) in [6, 6.07) is 7.52. The molecule has 4 aliphatic carbocycles. The van der Waals surface area contributed by atoms with Crippen molar-refractivity contribution in [1.82, 2.24) is 10.6 Å². The molecule has 0 saturated heterocycles. The van der Waals surface area contributed by atoms with Gasteiger partial charge in [-0.25, -0.2) is 9.59 Å². The van der Waals surface area contributed by atoms with Crippen LogP contribution in [0.1, 0.15) is 44.1 Å². The number of esters is 1. The third kappa shape index (κ3) is 4.94. The Balaban J connectivity index is 1.26. The second-order valence-electron chi connectivity index (χ2n) is 9.55. The van der Waals surface area contributed by atoms with Crippen LogP contribution in [-0.4, -0.2) is 37.1 Å². The number of primary amides is 1. The van der Waals surface area contributed by atoms with Crippen molar-refractivity contribution in [1.29, 1.82) is 0 Å². The van der Waals surface area contributed by atoms with Gasteiger partial charge < -0.3 is 21.1 Å². The lowest BCUT2D eigenvalue weighted by Crippen LogP contribution is -2.51. The van der Waals surface area contributed by atoms with Gasteiger partial charge in [0.2, 0.25) is 0 Å². The van der Waals surface area contributed by atoms with Crippen LogP contribution in [-0.2, 0) is 20.7 Å². The van der Waals surface area contributed by atoms with E-state index in [0.717, 1.165) is 23.3 Å². The fourth-order valence-corrected chi connectivity index (χ4v) is 6.30. The quantitative estimate of drug-likeness (QED) is 0.567. The first-order valence-electron chi connectivity index (χ1n) is 10.9. The Kier molecular flexibility index (Phi) is 5.97. The molecule has 30 heavy (non-hydrogen) atoms. The van der Waals surface area contributed by atoms with Crippen molar-refractivity contribution in [3.8, 4) is 0 Å². The van der Waals surface area contributed by atoms with Crippen molar-refractivity contribution < 1.29 is 19.1 Å². The molecule has 162 valence electrons. The maximum absolute atomic E-state index is 12.4. The molecule has 0 spiro atoms. The molecule has 1 aromatic rings. The van der Waals surface area contributed by atoms with E-state index < -0.39 is 18.0 Å². The smallest absolute Gasteiger partial charge is 0.329 e. The van der Waals surface area contributed by atoms with Gasteiger partial charge in [0.1, 0.15) is 6.04 Å². The molecule has 4 N–H and O–H groups in total. The number of ether oxygens (including phenoxy) is 1. The van der Waals surface area contributed by atoms with Gasteiger partial charge in [0.05, 0.1) is 0 Å². The fraction of sp³-hybridized carbons (Fsp3) is 0.609. The highest BCUT2D eigenvalue weighted by atomic mass is 16.5. The molecule has 3 amide bonds. The van der Waals surface area contributed by atoms with E-state index in [0.29, 0.717) is 6.54 Å². The Hall–Kier alpha value is -2.57. The number of rotatable bonds is 8. The van der Waals surface area contributed by atoms with Crippen molar-refractivity contribution in [2.24, 2.45) is 28.9 Å². The molecule has 5 rings (SSSR count). The van der Waals surface area contributed by atoms with Crippen LogP contribution in [0.4, 0.5) is 4.79 Å². The van der Waals surface area contributed by atoms with Crippen LogP contribution in [0, 0.1) is 23.2 Å². The molecule has 7 heteroatoms. The van der Waals surface area contributed by atoms with Gasteiger partial charge in [-0.2, -0.15) is 0 Å². The van der Waals surface area contributed by atoms with Crippen molar-refractivity contribution >= 4 is 17.9 Å². The summed E-state index contributed by atoms with van der Waals surface area (Å²) in [6.45, 7) is 0.316. The monoisotopic (exact) mass is 413 g/mol. The van der Waals surface area contributed by atoms with E-state index in [1.165, 1.54) is 38.5 Å². The largest absolute Gasteiger partial charge is 0.454 e. The molecule has 1 atom stereocenters. The Morgan fingerprint density at radius 1 is 1.03 bits per heavy atom. The minimum absolute atomic E-state index is 0.234. The topological polar surface area (TPSA) is 111 Å². The lowest BCUT2D eigenvalue weighted by atomic mass is 9.49. The number of carbonyl (C=O) groups excluding carboxylic acids is 3. The minimum Gasteiger partial charge on any atom is -0.454 e. The minimum atomic E-state index is -0.930.